The zero-order valence-electron chi connectivity index (χ0n) is 22.0. The maximum absolute atomic E-state index is 13.2. The summed E-state index contributed by atoms with van der Waals surface area (Å²) in [6.07, 6.45) is 7.66. The smallest absolute Gasteiger partial charge is 0.260 e. The number of hydrogen-bond acceptors (Lipinski definition) is 9. The predicted octanol–water partition coefficient (Wildman–Crippen LogP) is 2.89. The third kappa shape index (κ3) is 7.40. The molecule has 4 rings (SSSR count). The van der Waals surface area contributed by atoms with Gasteiger partial charge in [-0.3, -0.25) is 4.79 Å². The molecule has 208 valence electrons. The van der Waals surface area contributed by atoms with Crippen molar-refractivity contribution in [1.29, 1.82) is 0 Å². The van der Waals surface area contributed by atoms with E-state index in [9.17, 15) is 13.2 Å². The van der Waals surface area contributed by atoms with E-state index in [1.54, 1.807) is 12.1 Å². The van der Waals surface area contributed by atoms with Crippen LogP contribution in [-0.2, 0) is 14.8 Å². The first kappa shape index (κ1) is 28.2. The molecule has 1 aromatic heterocycles. The molecule has 2 aromatic rings. The Bertz CT molecular complexity index is 1160. The number of aromatic nitrogens is 2. The fourth-order valence-electron chi connectivity index (χ4n) is 4.62. The molecule has 0 atom stereocenters. The van der Waals surface area contributed by atoms with Gasteiger partial charge in [-0.15, -0.1) is 0 Å². The van der Waals surface area contributed by atoms with Crippen molar-refractivity contribution in [2.75, 3.05) is 55.3 Å². The molecule has 2 aliphatic rings. The number of amides is 1. The highest BCUT2D eigenvalue weighted by Crippen LogP contribution is 2.25. The number of anilines is 3. The van der Waals surface area contributed by atoms with Crippen molar-refractivity contribution in [3.05, 3.63) is 36.0 Å². The highest BCUT2D eigenvalue weighted by Gasteiger charge is 2.26. The molecule has 0 spiro atoms. The SMILES string of the molecule is CCCCNc1ncc(C(=O)Nc2ccc(S(=O)(=O)N3CCOCC3)cc2)c(NC[C@H]2CC[C@H](N)CC2)n1. The lowest BCUT2D eigenvalue weighted by Gasteiger charge is -2.26. The third-order valence-electron chi connectivity index (χ3n) is 7.02. The lowest BCUT2D eigenvalue weighted by molar-refractivity contribution is 0.0730. The first-order valence-corrected chi connectivity index (χ1v) is 14.9. The lowest BCUT2D eigenvalue weighted by atomic mass is 9.86. The van der Waals surface area contributed by atoms with E-state index in [0.29, 0.717) is 61.8 Å². The first-order chi connectivity index (χ1) is 18.4. The van der Waals surface area contributed by atoms with Crippen molar-refractivity contribution in [2.24, 2.45) is 11.7 Å². The number of carbonyl (C=O) groups is 1. The number of benzene rings is 1. The van der Waals surface area contributed by atoms with E-state index in [-0.39, 0.29) is 16.8 Å². The van der Waals surface area contributed by atoms with Gasteiger partial charge in [-0.1, -0.05) is 13.3 Å². The summed E-state index contributed by atoms with van der Waals surface area (Å²) < 4.78 is 32.4. The summed E-state index contributed by atoms with van der Waals surface area (Å²) in [5.41, 5.74) is 6.85. The zero-order chi connectivity index (χ0) is 27.0. The largest absolute Gasteiger partial charge is 0.379 e. The number of morpholine rings is 1. The van der Waals surface area contributed by atoms with Gasteiger partial charge in [0.25, 0.3) is 5.91 Å². The van der Waals surface area contributed by atoms with Crippen molar-refractivity contribution < 1.29 is 17.9 Å². The van der Waals surface area contributed by atoms with Gasteiger partial charge in [0.1, 0.15) is 11.4 Å². The van der Waals surface area contributed by atoms with Gasteiger partial charge in [0.2, 0.25) is 16.0 Å². The molecular formula is C26H39N7O4S. The molecule has 1 saturated carbocycles. The Balaban J connectivity index is 1.45. The summed E-state index contributed by atoms with van der Waals surface area (Å²) >= 11 is 0. The van der Waals surface area contributed by atoms with Crippen LogP contribution in [0.4, 0.5) is 17.5 Å². The molecule has 0 radical (unpaired) electrons. The summed E-state index contributed by atoms with van der Waals surface area (Å²) in [5, 5.41) is 9.43. The predicted molar refractivity (Wildman–Crippen MR) is 148 cm³/mol. The highest BCUT2D eigenvalue weighted by molar-refractivity contribution is 7.89. The van der Waals surface area contributed by atoms with Crippen LogP contribution in [0.3, 0.4) is 0 Å². The number of hydrogen-bond donors (Lipinski definition) is 4. The molecule has 2 fully saturated rings. The number of carbonyl (C=O) groups excluding carboxylic acids is 1. The van der Waals surface area contributed by atoms with Gasteiger partial charge in [0.05, 0.1) is 18.1 Å². The van der Waals surface area contributed by atoms with Gasteiger partial charge in [-0.05, 0) is 62.3 Å². The molecular weight excluding hydrogens is 506 g/mol. The maximum Gasteiger partial charge on any atom is 0.260 e. The average Bonchev–Trinajstić information content (AvgIpc) is 2.94. The summed E-state index contributed by atoms with van der Waals surface area (Å²) in [5.74, 6) is 1.04. The Morgan fingerprint density at radius 2 is 1.82 bits per heavy atom. The topological polar surface area (TPSA) is 152 Å². The van der Waals surface area contributed by atoms with Gasteiger partial charge in [-0.25, -0.2) is 13.4 Å². The van der Waals surface area contributed by atoms with Crippen LogP contribution in [-0.4, -0.2) is 74.0 Å². The molecule has 11 nitrogen and oxygen atoms in total. The van der Waals surface area contributed by atoms with Gasteiger partial charge in [0, 0.05) is 44.1 Å². The van der Waals surface area contributed by atoms with Crippen LogP contribution < -0.4 is 21.7 Å². The van der Waals surface area contributed by atoms with E-state index in [4.69, 9.17) is 10.5 Å². The van der Waals surface area contributed by atoms with Crippen LogP contribution in [0, 0.1) is 5.92 Å². The summed E-state index contributed by atoms with van der Waals surface area (Å²) in [7, 11) is -3.61. The molecule has 5 N–H and O–H groups in total. The molecule has 1 aromatic carbocycles. The van der Waals surface area contributed by atoms with Crippen LogP contribution >= 0.6 is 0 Å². The molecule has 0 unspecified atom stereocenters. The van der Waals surface area contributed by atoms with Gasteiger partial charge >= 0.3 is 0 Å². The number of unbranched alkanes of at least 4 members (excludes halogenated alkanes) is 1. The second kappa shape index (κ2) is 13.3. The number of rotatable bonds is 11. The van der Waals surface area contributed by atoms with E-state index < -0.39 is 10.0 Å². The lowest BCUT2D eigenvalue weighted by Crippen LogP contribution is -2.40. The summed E-state index contributed by atoms with van der Waals surface area (Å²) in [4.78, 5) is 22.3. The normalized spacial score (nSPS) is 20.6. The molecule has 1 saturated heterocycles. The number of nitrogens with two attached hydrogens (primary N) is 1. The first-order valence-electron chi connectivity index (χ1n) is 13.5. The van der Waals surface area contributed by atoms with E-state index in [0.717, 1.165) is 45.1 Å². The summed E-state index contributed by atoms with van der Waals surface area (Å²) in [6, 6.07) is 6.46. The highest BCUT2D eigenvalue weighted by atomic mass is 32.2. The average molecular weight is 546 g/mol. The number of nitrogens with one attached hydrogen (secondary N) is 3. The summed E-state index contributed by atoms with van der Waals surface area (Å²) in [6.45, 7) is 4.99. The van der Waals surface area contributed by atoms with Crippen LogP contribution in [0.1, 0.15) is 55.8 Å². The Labute approximate surface area is 225 Å². The van der Waals surface area contributed by atoms with E-state index >= 15 is 0 Å². The van der Waals surface area contributed by atoms with E-state index in [1.165, 1.54) is 22.6 Å². The molecule has 38 heavy (non-hydrogen) atoms. The molecule has 1 aliphatic carbocycles. The quantitative estimate of drug-likeness (QED) is 0.312. The van der Waals surface area contributed by atoms with Gasteiger partial charge in [0.15, 0.2) is 0 Å². The molecule has 1 amide bonds. The van der Waals surface area contributed by atoms with Crippen molar-refractivity contribution in [2.45, 2.75) is 56.4 Å². The van der Waals surface area contributed by atoms with Crippen LogP contribution in [0.2, 0.25) is 0 Å². The fraction of sp³-hybridized carbons (Fsp3) is 0.577. The van der Waals surface area contributed by atoms with Crippen molar-refractivity contribution in [1.82, 2.24) is 14.3 Å². The molecule has 12 heteroatoms. The fourth-order valence-corrected chi connectivity index (χ4v) is 6.03. The Morgan fingerprint density at radius 1 is 1.11 bits per heavy atom. The maximum atomic E-state index is 13.2. The minimum absolute atomic E-state index is 0.179. The monoisotopic (exact) mass is 545 g/mol. The van der Waals surface area contributed by atoms with Crippen molar-refractivity contribution in [3.8, 4) is 0 Å². The van der Waals surface area contributed by atoms with E-state index in [1.807, 2.05) is 0 Å². The third-order valence-corrected chi connectivity index (χ3v) is 8.93. The molecule has 0 bridgehead atoms. The Kier molecular flexibility index (Phi) is 9.89. The number of nitrogens with zero attached hydrogens (tertiary/aromatic N) is 3. The van der Waals surface area contributed by atoms with Crippen molar-refractivity contribution >= 4 is 33.4 Å². The van der Waals surface area contributed by atoms with Crippen LogP contribution in [0.5, 0.6) is 0 Å². The van der Waals surface area contributed by atoms with Crippen molar-refractivity contribution in [3.63, 3.8) is 0 Å². The minimum Gasteiger partial charge on any atom is -0.379 e. The number of sulfonamides is 1. The second-order valence-corrected chi connectivity index (χ2v) is 11.8. The second-order valence-electron chi connectivity index (χ2n) is 9.89. The number of ether oxygens (including phenoxy) is 1. The standard InChI is InChI=1S/C26H39N7O4S/c1-2-3-12-28-26-30-18-23(24(32-26)29-17-19-4-6-20(27)7-5-19)25(34)31-21-8-10-22(11-9-21)38(35,36)33-13-15-37-16-14-33/h8-11,18-20H,2-7,12-17,27H2,1H3,(H,31,34)(H2,28,29,30,32)/t19-,20-. The zero-order valence-corrected chi connectivity index (χ0v) is 22.8. The molecule has 2 heterocycles. The minimum atomic E-state index is -3.61. The Hall–Kier alpha value is -2.80. The van der Waals surface area contributed by atoms with Crippen LogP contribution in [0.25, 0.3) is 0 Å². The van der Waals surface area contributed by atoms with Crippen LogP contribution in [0.15, 0.2) is 35.4 Å². The Morgan fingerprint density at radius 3 is 2.50 bits per heavy atom. The van der Waals surface area contributed by atoms with Gasteiger partial charge in [-0.2, -0.15) is 9.29 Å². The van der Waals surface area contributed by atoms with Gasteiger partial charge < -0.3 is 26.4 Å². The van der Waals surface area contributed by atoms with E-state index in [2.05, 4.69) is 32.8 Å². The molecule has 1 aliphatic heterocycles.